The van der Waals surface area contributed by atoms with E-state index in [0.717, 1.165) is 5.92 Å². The Bertz CT molecular complexity index is 160. The lowest BCUT2D eigenvalue weighted by atomic mass is 9.61. The highest BCUT2D eigenvalue weighted by Crippen LogP contribution is 2.44. The van der Waals surface area contributed by atoms with E-state index in [2.05, 4.69) is 39.9 Å². The summed E-state index contributed by atoms with van der Waals surface area (Å²) in [6.07, 6.45) is 2.55. The van der Waals surface area contributed by atoms with Gasteiger partial charge in [0, 0.05) is 5.54 Å². The molecule has 1 heteroatoms. The van der Waals surface area contributed by atoms with E-state index in [0.29, 0.717) is 11.0 Å². The van der Waals surface area contributed by atoms with E-state index in [9.17, 15) is 0 Å². The van der Waals surface area contributed by atoms with Crippen LogP contribution < -0.4 is 5.32 Å². The number of piperidine rings is 1. The molecule has 1 rings (SSSR count). The smallest absolute Gasteiger partial charge is 0.0204 e. The van der Waals surface area contributed by atoms with Crippen LogP contribution >= 0.6 is 0 Å². The van der Waals surface area contributed by atoms with Crippen molar-refractivity contribution in [1.29, 1.82) is 0 Å². The summed E-state index contributed by atoms with van der Waals surface area (Å²) in [4.78, 5) is 0. The summed E-state index contributed by atoms with van der Waals surface area (Å²) >= 11 is 0. The van der Waals surface area contributed by atoms with E-state index in [1.807, 2.05) is 0 Å². The lowest BCUT2D eigenvalue weighted by molar-refractivity contribution is 0.0308. The molecule has 0 aliphatic carbocycles. The van der Waals surface area contributed by atoms with E-state index in [1.54, 1.807) is 0 Å². The lowest BCUT2D eigenvalue weighted by Crippen LogP contribution is -2.60. The van der Waals surface area contributed by atoms with Gasteiger partial charge in [0.15, 0.2) is 0 Å². The van der Waals surface area contributed by atoms with Gasteiger partial charge in [0.2, 0.25) is 0 Å². The van der Waals surface area contributed by atoms with Gasteiger partial charge in [0.05, 0.1) is 0 Å². The van der Waals surface area contributed by atoms with E-state index in [4.69, 9.17) is 0 Å². The first-order chi connectivity index (χ1) is 5.44. The minimum Gasteiger partial charge on any atom is -0.311 e. The normalized spacial score (nSPS) is 41.2. The molecule has 1 aliphatic heterocycles. The molecule has 1 heterocycles. The van der Waals surface area contributed by atoms with Crippen molar-refractivity contribution in [2.45, 2.75) is 53.0 Å². The zero-order chi connectivity index (χ0) is 9.41. The van der Waals surface area contributed by atoms with Crippen LogP contribution in [0.4, 0.5) is 0 Å². The Morgan fingerprint density at radius 2 is 1.92 bits per heavy atom. The van der Waals surface area contributed by atoms with Gasteiger partial charge in [0.1, 0.15) is 0 Å². The van der Waals surface area contributed by atoms with Gasteiger partial charge in [-0.05, 0) is 37.6 Å². The molecule has 1 nitrogen and oxygen atoms in total. The summed E-state index contributed by atoms with van der Waals surface area (Å²) < 4.78 is 0. The molecular weight excluding hydrogens is 146 g/mol. The van der Waals surface area contributed by atoms with Gasteiger partial charge >= 0.3 is 0 Å². The molecule has 1 N–H and O–H groups in total. The van der Waals surface area contributed by atoms with Gasteiger partial charge in [-0.25, -0.2) is 0 Å². The highest BCUT2D eigenvalue weighted by molar-refractivity contribution is 5.01. The highest BCUT2D eigenvalue weighted by Gasteiger charge is 2.45. The predicted molar refractivity (Wildman–Crippen MR) is 54.3 cm³/mol. The van der Waals surface area contributed by atoms with Gasteiger partial charge in [-0.15, -0.1) is 0 Å². The lowest BCUT2D eigenvalue weighted by Gasteiger charge is -2.52. The molecule has 0 saturated carbocycles. The Morgan fingerprint density at radius 3 is 2.33 bits per heavy atom. The number of rotatable bonds is 1. The number of hydrogen-bond acceptors (Lipinski definition) is 1. The molecule has 0 aromatic heterocycles. The molecule has 2 atom stereocenters. The molecular formula is C11H23N. The van der Waals surface area contributed by atoms with Crippen LogP contribution in [0.2, 0.25) is 0 Å². The van der Waals surface area contributed by atoms with Gasteiger partial charge in [-0.3, -0.25) is 0 Å². The first-order valence-electron chi connectivity index (χ1n) is 5.19. The van der Waals surface area contributed by atoms with E-state index in [-0.39, 0.29) is 0 Å². The minimum absolute atomic E-state index is 0.338. The van der Waals surface area contributed by atoms with E-state index in [1.165, 1.54) is 19.4 Å². The zero-order valence-corrected chi connectivity index (χ0v) is 9.20. The van der Waals surface area contributed by atoms with E-state index >= 15 is 0 Å². The second-order valence-corrected chi connectivity index (χ2v) is 5.02. The van der Waals surface area contributed by atoms with Crippen molar-refractivity contribution >= 4 is 0 Å². The molecule has 0 bridgehead atoms. The fourth-order valence-electron chi connectivity index (χ4n) is 2.28. The van der Waals surface area contributed by atoms with Crippen LogP contribution in [0.15, 0.2) is 0 Å². The number of hydrogen-bond donors (Lipinski definition) is 1. The zero-order valence-electron chi connectivity index (χ0n) is 9.20. The van der Waals surface area contributed by atoms with Crippen LogP contribution in [-0.4, -0.2) is 12.1 Å². The molecule has 0 amide bonds. The maximum atomic E-state index is 3.67. The Balaban J connectivity index is 2.86. The van der Waals surface area contributed by atoms with Crippen molar-refractivity contribution in [3.8, 4) is 0 Å². The average molecular weight is 169 g/mol. The van der Waals surface area contributed by atoms with Crippen molar-refractivity contribution in [2.75, 3.05) is 6.54 Å². The van der Waals surface area contributed by atoms with Crippen LogP contribution in [0.5, 0.6) is 0 Å². The average Bonchev–Trinajstić information content (AvgIpc) is 2.01. The molecule has 72 valence electrons. The predicted octanol–water partition coefficient (Wildman–Crippen LogP) is 2.81. The van der Waals surface area contributed by atoms with Crippen LogP contribution in [0, 0.1) is 11.3 Å². The Morgan fingerprint density at radius 1 is 1.33 bits per heavy atom. The molecule has 0 spiro atoms. The summed E-state index contributed by atoms with van der Waals surface area (Å²) in [6, 6.07) is 0. The first-order valence-corrected chi connectivity index (χ1v) is 5.19. The standard InChI is InChI=1S/C11H23N/c1-6-11(5)10(3,4)9(2)7-8-12-11/h9,12H,6-8H2,1-5H3. The topological polar surface area (TPSA) is 12.0 Å². The van der Waals surface area contributed by atoms with Crippen LogP contribution in [-0.2, 0) is 0 Å². The monoisotopic (exact) mass is 169 g/mol. The van der Waals surface area contributed by atoms with E-state index < -0.39 is 0 Å². The van der Waals surface area contributed by atoms with Crippen LogP contribution in [0.1, 0.15) is 47.5 Å². The maximum Gasteiger partial charge on any atom is 0.0204 e. The molecule has 1 saturated heterocycles. The summed E-state index contributed by atoms with van der Waals surface area (Å²) in [5, 5.41) is 3.67. The fraction of sp³-hybridized carbons (Fsp3) is 1.00. The molecule has 2 unspecified atom stereocenters. The summed E-state index contributed by atoms with van der Waals surface area (Å²) in [6.45, 7) is 13.0. The van der Waals surface area contributed by atoms with Crippen molar-refractivity contribution in [3.63, 3.8) is 0 Å². The van der Waals surface area contributed by atoms with Crippen molar-refractivity contribution < 1.29 is 0 Å². The molecule has 12 heavy (non-hydrogen) atoms. The summed E-state index contributed by atoms with van der Waals surface area (Å²) in [5.41, 5.74) is 0.769. The van der Waals surface area contributed by atoms with Crippen molar-refractivity contribution in [1.82, 2.24) is 5.32 Å². The Kier molecular flexibility index (Phi) is 2.53. The first kappa shape index (κ1) is 10.0. The van der Waals surface area contributed by atoms with Gasteiger partial charge in [-0.1, -0.05) is 27.7 Å². The third-order valence-electron chi connectivity index (χ3n) is 4.45. The second-order valence-electron chi connectivity index (χ2n) is 5.02. The quantitative estimate of drug-likeness (QED) is 0.636. The number of nitrogens with one attached hydrogen (secondary N) is 1. The maximum absolute atomic E-state index is 3.67. The summed E-state index contributed by atoms with van der Waals surface area (Å²) in [5.74, 6) is 0.837. The molecule has 0 radical (unpaired) electrons. The molecule has 1 aliphatic rings. The summed E-state index contributed by atoms with van der Waals surface area (Å²) in [7, 11) is 0. The highest BCUT2D eigenvalue weighted by atomic mass is 15.0. The minimum atomic E-state index is 0.338. The molecule has 0 aromatic carbocycles. The van der Waals surface area contributed by atoms with Crippen molar-refractivity contribution in [3.05, 3.63) is 0 Å². The van der Waals surface area contributed by atoms with Crippen molar-refractivity contribution in [2.24, 2.45) is 11.3 Å². The molecule has 0 aromatic rings. The SMILES string of the molecule is CCC1(C)NCCC(C)C1(C)C. The third kappa shape index (κ3) is 1.28. The van der Waals surface area contributed by atoms with Gasteiger partial charge < -0.3 is 5.32 Å². The fourth-order valence-corrected chi connectivity index (χ4v) is 2.28. The Labute approximate surface area is 76.9 Å². The third-order valence-corrected chi connectivity index (χ3v) is 4.45. The molecule has 1 fully saturated rings. The van der Waals surface area contributed by atoms with Crippen LogP contribution in [0.3, 0.4) is 0 Å². The second kappa shape index (κ2) is 3.02. The van der Waals surface area contributed by atoms with Crippen LogP contribution in [0.25, 0.3) is 0 Å². The van der Waals surface area contributed by atoms with Gasteiger partial charge in [-0.2, -0.15) is 0 Å². The Hall–Kier alpha value is -0.0400. The van der Waals surface area contributed by atoms with Gasteiger partial charge in [0.25, 0.3) is 0 Å². The largest absolute Gasteiger partial charge is 0.311 e.